The third-order valence-corrected chi connectivity index (χ3v) is 7.31. The lowest BCUT2D eigenvalue weighted by Gasteiger charge is -2.26. The SMILES string of the molecule is CN=C(N=C(C)C(F)(F)F)C12CC1CN(C(=N)c1cc(S(C)(=O)=O)ccc1O[C@H](C)C(F)(F)F)C2. The first-order chi connectivity index (χ1) is 15.9. The summed E-state index contributed by atoms with van der Waals surface area (Å²) in [6, 6.07) is 3.21. The Morgan fingerprint density at radius 1 is 1.26 bits per heavy atom. The topological polar surface area (TPSA) is 95.2 Å². The molecule has 1 N–H and O–H groups in total. The van der Waals surface area contributed by atoms with Crippen LogP contribution in [0.15, 0.2) is 33.1 Å². The van der Waals surface area contributed by atoms with Gasteiger partial charge in [-0.15, -0.1) is 0 Å². The minimum absolute atomic E-state index is 0.0142. The van der Waals surface area contributed by atoms with Crippen LogP contribution in [0.4, 0.5) is 26.3 Å². The predicted molar refractivity (Wildman–Crippen MR) is 117 cm³/mol. The maximum atomic E-state index is 13.1. The van der Waals surface area contributed by atoms with Crippen LogP contribution < -0.4 is 4.74 Å². The average Bonchev–Trinajstić information content (AvgIpc) is 3.29. The minimum atomic E-state index is -4.70. The number of fused-ring (bicyclic) bond motifs is 1. The van der Waals surface area contributed by atoms with Gasteiger partial charge in [-0.3, -0.25) is 10.4 Å². The molecule has 2 fully saturated rings. The molecule has 0 amide bonds. The number of aliphatic imine (C=N–C) groups is 2. The molecular weight excluding hydrogens is 502 g/mol. The third-order valence-electron chi connectivity index (χ3n) is 6.20. The number of alkyl halides is 6. The van der Waals surface area contributed by atoms with Crippen LogP contribution in [0.25, 0.3) is 0 Å². The van der Waals surface area contributed by atoms with Gasteiger partial charge in [0.05, 0.1) is 15.9 Å². The van der Waals surface area contributed by atoms with Gasteiger partial charge in [0.2, 0.25) is 0 Å². The Morgan fingerprint density at radius 2 is 1.89 bits per heavy atom. The van der Waals surface area contributed by atoms with Gasteiger partial charge in [-0.05, 0) is 44.4 Å². The molecule has 14 heteroatoms. The first-order valence-corrected chi connectivity index (χ1v) is 12.3. The second kappa shape index (κ2) is 8.79. The van der Waals surface area contributed by atoms with Crippen molar-refractivity contribution in [2.24, 2.45) is 21.3 Å². The third kappa shape index (κ3) is 5.46. The van der Waals surface area contributed by atoms with E-state index in [9.17, 15) is 34.8 Å². The lowest BCUT2D eigenvalue weighted by molar-refractivity contribution is -0.189. The predicted octanol–water partition coefficient (Wildman–Crippen LogP) is 4.12. The minimum Gasteiger partial charge on any atom is -0.480 e. The molecule has 0 spiro atoms. The number of sulfone groups is 1. The fourth-order valence-corrected chi connectivity index (χ4v) is 4.71. The maximum Gasteiger partial charge on any atom is 0.429 e. The number of benzene rings is 1. The second-order valence-corrected chi connectivity index (χ2v) is 10.8. The number of ether oxygens (including phenoxy) is 1. The van der Waals surface area contributed by atoms with Gasteiger partial charge >= 0.3 is 12.4 Å². The van der Waals surface area contributed by atoms with Crippen molar-refractivity contribution >= 4 is 27.2 Å². The molecule has 0 radical (unpaired) electrons. The molecule has 3 atom stereocenters. The largest absolute Gasteiger partial charge is 0.480 e. The van der Waals surface area contributed by atoms with E-state index in [1.807, 2.05) is 0 Å². The highest BCUT2D eigenvalue weighted by molar-refractivity contribution is 7.90. The molecule has 0 bridgehead atoms. The van der Waals surface area contributed by atoms with E-state index in [2.05, 4.69) is 9.98 Å². The summed E-state index contributed by atoms with van der Waals surface area (Å²) in [5, 5.41) is 8.62. The molecule has 7 nitrogen and oxygen atoms in total. The molecule has 1 aliphatic heterocycles. The fourth-order valence-electron chi connectivity index (χ4n) is 4.06. The van der Waals surface area contributed by atoms with Crippen molar-refractivity contribution in [3.05, 3.63) is 23.8 Å². The average molecular weight is 527 g/mol. The van der Waals surface area contributed by atoms with Crippen LogP contribution in [0.5, 0.6) is 5.75 Å². The van der Waals surface area contributed by atoms with E-state index >= 15 is 0 Å². The molecule has 2 aliphatic rings. The number of likely N-dealkylation sites (tertiary alicyclic amines) is 1. The van der Waals surface area contributed by atoms with Crippen molar-refractivity contribution in [3.8, 4) is 5.75 Å². The van der Waals surface area contributed by atoms with Crippen molar-refractivity contribution in [1.82, 2.24) is 4.90 Å². The quantitative estimate of drug-likeness (QED) is 0.355. The van der Waals surface area contributed by atoms with E-state index in [4.69, 9.17) is 10.1 Å². The van der Waals surface area contributed by atoms with Crippen molar-refractivity contribution in [2.75, 3.05) is 26.4 Å². The molecule has 1 saturated heterocycles. The number of amidine groups is 2. The molecule has 3 rings (SSSR count). The number of nitrogens with zero attached hydrogens (tertiary/aromatic N) is 3. The summed E-state index contributed by atoms with van der Waals surface area (Å²) in [6.07, 6.45) is -10.1. The van der Waals surface area contributed by atoms with E-state index in [-0.39, 0.29) is 46.9 Å². The second-order valence-electron chi connectivity index (χ2n) is 8.76. The van der Waals surface area contributed by atoms with Gasteiger partial charge in [0.1, 0.15) is 23.1 Å². The van der Waals surface area contributed by atoms with Crippen molar-refractivity contribution in [3.63, 3.8) is 0 Å². The Hall–Kier alpha value is -2.64. The molecule has 1 saturated carbocycles. The van der Waals surface area contributed by atoms with E-state index in [0.717, 1.165) is 38.3 Å². The Labute approximate surface area is 198 Å². The normalized spacial score (nSPS) is 24.3. The van der Waals surface area contributed by atoms with Gasteiger partial charge in [0.25, 0.3) is 0 Å². The highest BCUT2D eigenvalue weighted by Gasteiger charge is 2.64. The summed E-state index contributed by atoms with van der Waals surface area (Å²) in [5.41, 5.74) is -2.07. The number of rotatable bonds is 5. The summed E-state index contributed by atoms with van der Waals surface area (Å²) in [6.45, 7) is 1.88. The van der Waals surface area contributed by atoms with E-state index in [0.29, 0.717) is 6.42 Å². The molecule has 1 aromatic carbocycles. The van der Waals surface area contributed by atoms with Crippen LogP contribution in [-0.2, 0) is 9.84 Å². The van der Waals surface area contributed by atoms with Gasteiger partial charge in [-0.25, -0.2) is 13.4 Å². The molecule has 35 heavy (non-hydrogen) atoms. The van der Waals surface area contributed by atoms with Crippen LogP contribution >= 0.6 is 0 Å². The summed E-state index contributed by atoms with van der Waals surface area (Å²) in [5.74, 6) is -0.821. The molecule has 194 valence electrons. The molecule has 1 aliphatic carbocycles. The lowest BCUT2D eigenvalue weighted by atomic mass is 10.0. The van der Waals surface area contributed by atoms with Gasteiger partial charge in [0, 0.05) is 26.4 Å². The number of hydrogen-bond donors (Lipinski definition) is 1. The van der Waals surface area contributed by atoms with Crippen LogP contribution in [0.3, 0.4) is 0 Å². The van der Waals surface area contributed by atoms with Crippen LogP contribution in [0, 0.1) is 16.7 Å². The summed E-state index contributed by atoms with van der Waals surface area (Å²) in [4.78, 5) is 8.86. The van der Waals surface area contributed by atoms with Crippen LogP contribution in [0.2, 0.25) is 0 Å². The van der Waals surface area contributed by atoms with Crippen molar-refractivity contribution < 1.29 is 39.5 Å². The van der Waals surface area contributed by atoms with Crippen LogP contribution in [-0.4, -0.2) is 75.6 Å². The zero-order valence-electron chi connectivity index (χ0n) is 19.3. The Balaban J connectivity index is 1.93. The van der Waals surface area contributed by atoms with Crippen molar-refractivity contribution in [1.29, 1.82) is 5.41 Å². The highest BCUT2D eigenvalue weighted by Crippen LogP contribution is 2.59. The first-order valence-electron chi connectivity index (χ1n) is 10.4. The van der Waals surface area contributed by atoms with Crippen molar-refractivity contribution in [2.45, 2.75) is 43.6 Å². The van der Waals surface area contributed by atoms with Gasteiger partial charge in [-0.1, -0.05) is 0 Å². The first kappa shape index (κ1) is 27.0. The number of hydrogen-bond acceptors (Lipinski definition) is 5. The smallest absolute Gasteiger partial charge is 0.429 e. The Bertz CT molecular complexity index is 1190. The lowest BCUT2D eigenvalue weighted by Crippen LogP contribution is -2.36. The fraction of sp³-hybridized carbons (Fsp3) is 0.571. The molecule has 2 unspecified atom stereocenters. The standard InChI is InChI=1S/C21H24F6N4O3S/c1-11(20(22,23)24)30-18(29-3)19-8-13(19)9-31(10-19)17(28)15-7-14(35(4,32)33)5-6-16(15)34-12(2)21(25,26)27/h5-7,12-13,28H,8-10H2,1-4H3/t12-,13?,19?/m1/s1. The molecule has 1 heterocycles. The molecular formula is C21H24F6N4O3S. The van der Waals surface area contributed by atoms with Gasteiger partial charge in [-0.2, -0.15) is 26.3 Å². The molecule has 0 aromatic heterocycles. The zero-order valence-corrected chi connectivity index (χ0v) is 20.1. The Kier molecular flexibility index (Phi) is 6.77. The summed E-state index contributed by atoms with van der Waals surface area (Å²) in [7, 11) is -2.43. The Morgan fingerprint density at radius 3 is 2.40 bits per heavy atom. The van der Waals surface area contributed by atoms with Gasteiger partial charge < -0.3 is 9.64 Å². The zero-order chi connectivity index (χ0) is 26.6. The maximum absolute atomic E-state index is 13.1. The van der Waals surface area contributed by atoms with E-state index in [1.54, 1.807) is 0 Å². The van der Waals surface area contributed by atoms with E-state index in [1.165, 1.54) is 11.9 Å². The summed E-state index contributed by atoms with van der Waals surface area (Å²) < 4.78 is 107. The van der Waals surface area contributed by atoms with E-state index < -0.39 is 39.4 Å². The highest BCUT2D eigenvalue weighted by atomic mass is 32.2. The number of halogens is 6. The monoisotopic (exact) mass is 526 g/mol. The number of nitrogens with one attached hydrogen (secondary N) is 1. The number of piperidine rings is 1. The van der Waals surface area contributed by atoms with Gasteiger partial charge in [0.15, 0.2) is 15.9 Å². The summed E-state index contributed by atoms with van der Waals surface area (Å²) >= 11 is 0. The van der Waals surface area contributed by atoms with Crippen LogP contribution in [0.1, 0.15) is 25.8 Å². The molecule has 1 aromatic rings.